The van der Waals surface area contributed by atoms with Gasteiger partial charge in [-0.3, -0.25) is 0 Å². The van der Waals surface area contributed by atoms with Gasteiger partial charge in [0.1, 0.15) is 5.75 Å². The topological polar surface area (TPSA) is 21.3 Å². The zero-order chi connectivity index (χ0) is 13.6. The molecule has 1 aliphatic heterocycles. The van der Waals surface area contributed by atoms with Crippen LogP contribution in [0.15, 0.2) is 24.3 Å². The molecule has 0 amide bonds. The molecule has 98 valence electrons. The first-order valence-electron chi connectivity index (χ1n) is 5.54. The van der Waals surface area contributed by atoms with Crippen molar-refractivity contribution in [2.75, 3.05) is 5.32 Å². The zero-order valence-electron chi connectivity index (χ0n) is 10.4. The minimum Gasteiger partial charge on any atom is -0.406 e. The van der Waals surface area contributed by atoms with Crippen LogP contribution in [0.25, 0.3) is 5.57 Å². The van der Waals surface area contributed by atoms with Crippen molar-refractivity contribution in [1.29, 1.82) is 0 Å². The fourth-order valence-electron chi connectivity index (χ4n) is 2.17. The number of fused-ring (bicyclic) bond motifs is 1. The molecule has 0 radical (unpaired) electrons. The minimum absolute atomic E-state index is 0.209. The number of rotatable bonds is 1. The van der Waals surface area contributed by atoms with E-state index in [0.29, 0.717) is 5.69 Å². The summed E-state index contributed by atoms with van der Waals surface area (Å²) in [6.07, 6.45) is -2.62. The Morgan fingerprint density at radius 3 is 2.50 bits per heavy atom. The summed E-state index contributed by atoms with van der Waals surface area (Å²) < 4.78 is 40.4. The molecule has 1 aliphatic rings. The van der Waals surface area contributed by atoms with Gasteiger partial charge in [0.25, 0.3) is 0 Å². The van der Waals surface area contributed by atoms with E-state index in [-0.39, 0.29) is 11.3 Å². The molecular weight excluding hydrogens is 243 g/mol. The smallest absolute Gasteiger partial charge is 0.406 e. The van der Waals surface area contributed by atoms with E-state index in [1.54, 1.807) is 6.07 Å². The molecule has 0 spiro atoms. The van der Waals surface area contributed by atoms with E-state index in [2.05, 4.69) is 10.1 Å². The monoisotopic (exact) mass is 257 g/mol. The van der Waals surface area contributed by atoms with Crippen LogP contribution in [0, 0.1) is 0 Å². The average Bonchev–Trinajstić information content (AvgIpc) is 2.11. The van der Waals surface area contributed by atoms with Crippen molar-refractivity contribution in [3.05, 3.63) is 29.8 Å². The maximum Gasteiger partial charge on any atom is 0.573 e. The molecule has 0 saturated heterocycles. The van der Waals surface area contributed by atoms with Gasteiger partial charge in [-0.15, -0.1) is 13.2 Å². The van der Waals surface area contributed by atoms with Gasteiger partial charge in [-0.1, -0.05) is 6.08 Å². The second kappa shape index (κ2) is 3.93. The first kappa shape index (κ1) is 12.8. The molecule has 0 aromatic heterocycles. The largest absolute Gasteiger partial charge is 0.573 e. The Hall–Kier alpha value is -1.65. The Balaban J connectivity index is 2.37. The number of benzene rings is 1. The molecule has 2 nitrogen and oxygen atoms in total. The molecule has 0 bridgehead atoms. The Kier molecular flexibility index (Phi) is 2.80. The van der Waals surface area contributed by atoms with Crippen molar-refractivity contribution in [2.45, 2.75) is 32.7 Å². The predicted octanol–water partition coefficient (Wildman–Crippen LogP) is 4.19. The first-order chi connectivity index (χ1) is 8.16. The highest BCUT2D eigenvalue weighted by Gasteiger charge is 2.32. The van der Waals surface area contributed by atoms with Gasteiger partial charge in [0.2, 0.25) is 0 Å². The lowest BCUT2D eigenvalue weighted by Crippen LogP contribution is -2.31. The number of allylic oxidation sites excluding steroid dienone is 1. The molecule has 1 aromatic carbocycles. The molecule has 0 aliphatic carbocycles. The van der Waals surface area contributed by atoms with Crippen molar-refractivity contribution in [1.82, 2.24) is 0 Å². The van der Waals surface area contributed by atoms with Gasteiger partial charge in [-0.25, -0.2) is 0 Å². The molecule has 2 rings (SSSR count). The van der Waals surface area contributed by atoms with Crippen LogP contribution in [0.1, 0.15) is 26.3 Å². The van der Waals surface area contributed by atoms with Gasteiger partial charge in [0, 0.05) is 17.3 Å². The van der Waals surface area contributed by atoms with Gasteiger partial charge in [0.05, 0.1) is 5.54 Å². The molecule has 0 unspecified atom stereocenters. The van der Waals surface area contributed by atoms with Crippen molar-refractivity contribution in [2.24, 2.45) is 0 Å². The van der Waals surface area contributed by atoms with Gasteiger partial charge >= 0.3 is 6.36 Å². The van der Waals surface area contributed by atoms with Crippen molar-refractivity contribution in [3.63, 3.8) is 0 Å². The van der Waals surface area contributed by atoms with Crippen LogP contribution in [0.5, 0.6) is 5.75 Å². The summed E-state index contributed by atoms with van der Waals surface area (Å²) in [5.74, 6) is -0.209. The number of hydrogen-bond donors (Lipinski definition) is 1. The number of alkyl halides is 3. The van der Waals surface area contributed by atoms with Crippen LogP contribution in [-0.2, 0) is 0 Å². The van der Waals surface area contributed by atoms with Crippen LogP contribution in [0.4, 0.5) is 18.9 Å². The third kappa shape index (κ3) is 2.78. The Morgan fingerprint density at radius 1 is 1.22 bits per heavy atom. The highest BCUT2D eigenvalue weighted by Crippen LogP contribution is 2.36. The third-order valence-electron chi connectivity index (χ3n) is 2.68. The van der Waals surface area contributed by atoms with Crippen LogP contribution in [-0.4, -0.2) is 11.9 Å². The van der Waals surface area contributed by atoms with Gasteiger partial charge in [-0.05, 0) is 38.5 Å². The molecule has 0 saturated carbocycles. The summed E-state index contributed by atoms with van der Waals surface area (Å²) in [7, 11) is 0. The minimum atomic E-state index is -4.66. The van der Waals surface area contributed by atoms with Crippen LogP contribution < -0.4 is 10.1 Å². The molecule has 0 fully saturated rings. The molecule has 1 heterocycles. The summed E-state index contributed by atoms with van der Waals surface area (Å²) in [6.45, 7) is 5.85. The Labute approximate surface area is 103 Å². The maximum absolute atomic E-state index is 12.1. The normalized spacial score (nSPS) is 17.6. The zero-order valence-corrected chi connectivity index (χ0v) is 10.4. The standard InChI is InChI=1S/C13H14F3NO/c1-8-7-12(2,3)17-11-6-9(4-5-10(8)11)18-13(14,15)16/h4-7,17H,1-3H3. The first-order valence-corrected chi connectivity index (χ1v) is 5.54. The Bertz CT molecular complexity index is 503. The molecular formula is C13H14F3NO. The molecule has 1 aromatic rings. The van der Waals surface area contributed by atoms with E-state index >= 15 is 0 Å². The number of anilines is 1. The van der Waals surface area contributed by atoms with E-state index in [4.69, 9.17) is 0 Å². The lowest BCUT2D eigenvalue weighted by Gasteiger charge is -2.31. The fraction of sp³-hybridized carbons (Fsp3) is 0.385. The number of halogens is 3. The lowest BCUT2D eigenvalue weighted by atomic mass is 9.91. The number of ether oxygens (including phenoxy) is 1. The molecule has 0 atom stereocenters. The van der Waals surface area contributed by atoms with Crippen molar-refractivity contribution >= 4 is 11.3 Å². The van der Waals surface area contributed by atoms with E-state index in [0.717, 1.165) is 11.1 Å². The highest BCUT2D eigenvalue weighted by atomic mass is 19.4. The fourth-order valence-corrected chi connectivity index (χ4v) is 2.17. The molecule has 1 N–H and O–H groups in total. The predicted molar refractivity (Wildman–Crippen MR) is 64.5 cm³/mol. The Morgan fingerprint density at radius 2 is 1.89 bits per heavy atom. The van der Waals surface area contributed by atoms with Crippen molar-refractivity contribution < 1.29 is 17.9 Å². The van der Waals surface area contributed by atoms with Gasteiger partial charge in [0.15, 0.2) is 0 Å². The summed E-state index contributed by atoms with van der Waals surface area (Å²) in [5.41, 5.74) is 2.30. The average molecular weight is 257 g/mol. The van der Waals surface area contributed by atoms with Crippen LogP contribution >= 0.6 is 0 Å². The summed E-state index contributed by atoms with van der Waals surface area (Å²) >= 11 is 0. The van der Waals surface area contributed by atoms with Crippen molar-refractivity contribution in [3.8, 4) is 5.75 Å². The second-order valence-electron chi connectivity index (χ2n) is 4.93. The van der Waals surface area contributed by atoms with E-state index in [1.165, 1.54) is 12.1 Å². The third-order valence-corrected chi connectivity index (χ3v) is 2.68. The summed E-state index contributed by atoms with van der Waals surface area (Å²) in [6, 6.07) is 4.33. The quantitative estimate of drug-likeness (QED) is 0.814. The second-order valence-corrected chi connectivity index (χ2v) is 4.93. The number of hydrogen-bond acceptors (Lipinski definition) is 2. The van der Waals surface area contributed by atoms with Gasteiger partial charge in [-0.2, -0.15) is 0 Å². The van der Waals surface area contributed by atoms with E-state index in [9.17, 15) is 13.2 Å². The summed E-state index contributed by atoms with van der Waals surface area (Å²) in [4.78, 5) is 0. The van der Waals surface area contributed by atoms with Gasteiger partial charge < -0.3 is 10.1 Å². The highest BCUT2D eigenvalue weighted by molar-refractivity contribution is 5.80. The molecule has 18 heavy (non-hydrogen) atoms. The summed E-state index contributed by atoms with van der Waals surface area (Å²) in [5, 5.41) is 3.17. The lowest BCUT2D eigenvalue weighted by molar-refractivity contribution is -0.274. The van der Waals surface area contributed by atoms with E-state index in [1.807, 2.05) is 26.8 Å². The van der Waals surface area contributed by atoms with Crippen LogP contribution in [0.2, 0.25) is 0 Å². The molecule has 5 heteroatoms. The number of nitrogens with one attached hydrogen (secondary N) is 1. The van der Waals surface area contributed by atoms with E-state index < -0.39 is 6.36 Å². The SMILES string of the molecule is CC1=CC(C)(C)Nc2cc(OC(F)(F)F)ccc21. The van der Waals surface area contributed by atoms with Crippen LogP contribution in [0.3, 0.4) is 0 Å². The maximum atomic E-state index is 12.1.